The van der Waals surface area contributed by atoms with Gasteiger partial charge in [0, 0.05) is 30.0 Å². The van der Waals surface area contributed by atoms with Gasteiger partial charge in [0.1, 0.15) is 0 Å². The van der Waals surface area contributed by atoms with Crippen molar-refractivity contribution in [2.24, 2.45) is 0 Å². The highest BCUT2D eigenvalue weighted by Crippen LogP contribution is 2.23. The first-order valence-electron chi connectivity index (χ1n) is 9.75. The summed E-state index contributed by atoms with van der Waals surface area (Å²) in [5.74, 6) is -0.352. The van der Waals surface area contributed by atoms with Crippen LogP contribution in [0.4, 0.5) is 5.69 Å². The molecule has 5 heteroatoms. The number of ether oxygens (including phenoxy) is 1. The smallest absolute Gasteiger partial charge is 0.255 e. The summed E-state index contributed by atoms with van der Waals surface area (Å²) in [5, 5.41) is 5.77. The fraction of sp³-hybridized carbons (Fsp3) is 0.391. The lowest BCUT2D eigenvalue weighted by Gasteiger charge is -2.19. The van der Waals surface area contributed by atoms with Gasteiger partial charge in [-0.25, -0.2) is 0 Å². The number of rotatable bonds is 5. The zero-order chi connectivity index (χ0) is 20.1. The van der Waals surface area contributed by atoms with Crippen LogP contribution in [0.5, 0.6) is 0 Å². The van der Waals surface area contributed by atoms with E-state index >= 15 is 0 Å². The second kappa shape index (κ2) is 8.57. The van der Waals surface area contributed by atoms with Crippen LogP contribution in [0.2, 0.25) is 0 Å². The monoisotopic (exact) mass is 380 g/mol. The lowest BCUT2D eigenvalue weighted by Crippen LogP contribution is -2.31. The first kappa shape index (κ1) is 20.1. The van der Waals surface area contributed by atoms with E-state index in [1.807, 2.05) is 24.3 Å². The maximum atomic E-state index is 12.4. The van der Waals surface area contributed by atoms with Gasteiger partial charge in [0.05, 0.1) is 6.10 Å². The van der Waals surface area contributed by atoms with Crippen LogP contribution in [0.25, 0.3) is 0 Å². The Hall–Kier alpha value is -2.66. The van der Waals surface area contributed by atoms with Crippen LogP contribution in [-0.4, -0.2) is 31.1 Å². The third-order valence-corrected chi connectivity index (χ3v) is 4.93. The average Bonchev–Trinajstić information content (AvgIpc) is 3.19. The van der Waals surface area contributed by atoms with Crippen molar-refractivity contribution in [3.63, 3.8) is 0 Å². The van der Waals surface area contributed by atoms with E-state index in [2.05, 4.69) is 31.4 Å². The minimum absolute atomic E-state index is 0.0723. The van der Waals surface area contributed by atoms with Crippen molar-refractivity contribution in [1.29, 1.82) is 0 Å². The molecule has 2 aromatic carbocycles. The highest BCUT2D eigenvalue weighted by molar-refractivity contribution is 6.05. The minimum atomic E-state index is -0.199. The number of anilines is 1. The van der Waals surface area contributed by atoms with Crippen molar-refractivity contribution in [1.82, 2.24) is 5.32 Å². The Balaban J connectivity index is 1.56. The fourth-order valence-corrected chi connectivity index (χ4v) is 3.14. The predicted molar refractivity (Wildman–Crippen MR) is 111 cm³/mol. The van der Waals surface area contributed by atoms with E-state index in [1.165, 1.54) is 5.56 Å². The molecule has 0 bridgehead atoms. The molecule has 3 rings (SSSR count). The summed E-state index contributed by atoms with van der Waals surface area (Å²) in [6, 6.07) is 14.5. The quantitative estimate of drug-likeness (QED) is 0.819. The molecule has 2 amide bonds. The van der Waals surface area contributed by atoms with Gasteiger partial charge in [-0.15, -0.1) is 0 Å². The van der Waals surface area contributed by atoms with E-state index in [0.717, 1.165) is 25.1 Å². The highest BCUT2D eigenvalue weighted by atomic mass is 16.5. The van der Waals surface area contributed by atoms with E-state index in [1.54, 1.807) is 24.3 Å². The minimum Gasteiger partial charge on any atom is -0.376 e. The van der Waals surface area contributed by atoms with E-state index in [4.69, 9.17) is 4.74 Å². The number of carbonyl (C=O) groups is 2. The summed E-state index contributed by atoms with van der Waals surface area (Å²) in [7, 11) is 0. The van der Waals surface area contributed by atoms with Gasteiger partial charge in [-0.1, -0.05) is 32.9 Å². The molecule has 0 aromatic heterocycles. The van der Waals surface area contributed by atoms with Gasteiger partial charge in [0.15, 0.2) is 0 Å². The Bertz CT molecular complexity index is 814. The van der Waals surface area contributed by atoms with Gasteiger partial charge in [0.2, 0.25) is 0 Å². The molecule has 1 fully saturated rings. The number of amides is 2. The number of carbonyl (C=O) groups excluding carboxylic acids is 2. The topological polar surface area (TPSA) is 67.4 Å². The van der Waals surface area contributed by atoms with Crippen molar-refractivity contribution < 1.29 is 14.3 Å². The van der Waals surface area contributed by atoms with Crippen LogP contribution in [0.3, 0.4) is 0 Å². The molecule has 0 spiro atoms. The van der Waals surface area contributed by atoms with Crippen molar-refractivity contribution >= 4 is 17.5 Å². The molecule has 1 atom stereocenters. The number of nitrogens with one attached hydrogen (secondary N) is 2. The zero-order valence-corrected chi connectivity index (χ0v) is 16.7. The Morgan fingerprint density at radius 3 is 2.11 bits per heavy atom. The fourth-order valence-electron chi connectivity index (χ4n) is 3.14. The summed E-state index contributed by atoms with van der Waals surface area (Å²) in [6.07, 6.45) is 2.14. The van der Waals surface area contributed by atoms with E-state index < -0.39 is 0 Å². The Labute approximate surface area is 166 Å². The highest BCUT2D eigenvalue weighted by Gasteiger charge is 2.17. The van der Waals surface area contributed by atoms with Gasteiger partial charge in [-0.05, 0) is 60.2 Å². The SMILES string of the molecule is CC(C)(C)c1ccc(NC(=O)c2ccc(C(=O)NCC3CCCO3)cc2)cc1. The molecule has 0 radical (unpaired) electrons. The van der Waals surface area contributed by atoms with Crippen LogP contribution >= 0.6 is 0 Å². The predicted octanol–water partition coefficient (Wildman–Crippen LogP) is 4.15. The maximum absolute atomic E-state index is 12.4. The third-order valence-electron chi connectivity index (χ3n) is 4.93. The van der Waals surface area contributed by atoms with Gasteiger partial charge in [0.25, 0.3) is 11.8 Å². The standard InChI is InChI=1S/C23H28N2O3/c1-23(2,3)18-10-12-19(13-11-18)25-22(27)17-8-6-16(7-9-17)21(26)24-15-20-5-4-14-28-20/h6-13,20H,4-5,14-15H2,1-3H3,(H,24,26)(H,25,27). The molecule has 2 N–H and O–H groups in total. The molecule has 0 aliphatic carbocycles. The van der Waals surface area contributed by atoms with Crippen LogP contribution in [0.1, 0.15) is 59.9 Å². The largest absolute Gasteiger partial charge is 0.376 e. The normalized spacial score (nSPS) is 16.6. The second-order valence-electron chi connectivity index (χ2n) is 8.20. The van der Waals surface area contributed by atoms with Crippen LogP contribution < -0.4 is 10.6 Å². The zero-order valence-electron chi connectivity index (χ0n) is 16.7. The summed E-state index contributed by atoms with van der Waals surface area (Å²) in [5.41, 5.74) is 3.07. The summed E-state index contributed by atoms with van der Waals surface area (Å²) in [6.45, 7) is 7.74. The van der Waals surface area contributed by atoms with Gasteiger partial charge >= 0.3 is 0 Å². The lowest BCUT2D eigenvalue weighted by molar-refractivity contribution is 0.0857. The Kier molecular flexibility index (Phi) is 6.15. The molecule has 2 aromatic rings. The molecule has 1 unspecified atom stereocenters. The molecule has 28 heavy (non-hydrogen) atoms. The molecule has 1 aliphatic rings. The van der Waals surface area contributed by atoms with Crippen molar-refractivity contribution in [2.45, 2.75) is 45.1 Å². The summed E-state index contributed by atoms with van der Waals surface area (Å²) >= 11 is 0. The third kappa shape index (κ3) is 5.20. The number of benzene rings is 2. The molecule has 0 saturated carbocycles. The summed E-state index contributed by atoms with van der Waals surface area (Å²) < 4.78 is 5.50. The van der Waals surface area contributed by atoms with E-state index in [9.17, 15) is 9.59 Å². The van der Waals surface area contributed by atoms with Crippen molar-refractivity contribution in [3.8, 4) is 0 Å². The molecule has 1 heterocycles. The van der Waals surface area contributed by atoms with Crippen LogP contribution in [0, 0.1) is 0 Å². The number of hydrogen-bond acceptors (Lipinski definition) is 3. The first-order chi connectivity index (χ1) is 13.3. The molecular weight excluding hydrogens is 352 g/mol. The maximum Gasteiger partial charge on any atom is 0.255 e. The van der Waals surface area contributed by atoms with Gasteiger partial charge in [-0.2, -0.15) is 0 Å². The molecular formula is C23H28N2O3. The van der Waals surface area contributed by atoms with Gasteiger partial charge < -0.3 is 15.4 Å². The van der Waals surface area contributed by atoms with E-state index in [-0.39, 0.29) is 23.3 Å². The Morgan fingerprint density at radius 2 is 1.57 bits per heavy atom. The van der Waals surface area contributed by atoms with E-state index in [0.29, 0.717) is 17.7 Å². The van der Waals surface area contributed by atoms with Crippen LogP contribution in [0.15, 0.2) is 48.5 Å². The molecule has 148 valence electrons. The molecule has 1 saturated heterocycles. The molecule has 5 nitrogen and oxygen atoms in total. The van der Waals surface area contributed by atoms with Crippen LogP contribution in [-0.2, 0) is 10.2 Å². The average molecular weight is 380 g/mol. The Morgan fingerprint density at radius 1 is 0.964 bits per heavy atom. The number of hydrogen-bond donors (Lipinski definition) is 2. The van der Waals surface area contributed by atoms with Crippen molar-refractivity contribution in [2.75, 3.05) is 18.5 Å². The van der Waals surface area contributed by atoms with Gasteiger partial charge in [-0.3, -0.25) is 9.59 Å². The first-order valence-corrected chi connectivity index (χ1v) is 9.75. The van der Waals surface area contributed by atoms with Crippen molar-refractivity contribution in [3.05, 3.63) is 65.2 Å². The lowest BCUT2D eigenvalue weighted by atomic mass is 9.87. The second-order valence-corrected chi connectivity index (χ2v) is 8.20. The molecule has 1 aliphatic heterocycles. The summed E-state index contributed by atoms with van der Waals surface area (Å²) in [4.78, 5) is 24.7.